The van der Waals surface area contributed by atoms with Crippen molar-refractivity contribution in [3.8, 4) is 0 Å². The molecule has 1 heterocycles. The second-order valence-electron chi connectivity index (χ2n) is 6.08. The molecule has 20 heavy (non-hydrogen) atoms. The van der Waals surface area contributed by atoms with Gasteiger partial charge in [-0.05, 0) is 53.4 Å². The molecule has 0 saturated carbocycles. The predicted octanol–water partition coefficient (Wildman–Crippen LogP) is 3.80. The fourth-order valence-electron chi connectivity index (χ4n) is 2.71. The van der Waals surface area contributed by atoms with Crippen molar-refractivity contribution in [1.29, 1.82) is 0 Å². The Kier molecular flexibility index (Phi) is 5.58. The van der Waals surface area contributed by atoms with E-state index in [9.17, 15) is 4.39 Å². The molecule has 2 rings (SSSR count). The van der Waals surface area contributed by atoms with E-state index in [1.54, 1.807) is 6.07 Å². The van der Waals surface area contributed by atoms with Crippen molar-refractivity contribution >= 4 is 15.9 Å². The highest BCUT2D eigenvalue weighted by Crippen LogP contribution is 2.24. The maximum Gasteiger partial charge on any atom is 0.137 e. The predicted molar refractivity (Wildman–Crippen MR) is 85.2 cm³/mol. The van der Waals surface area contributed by atoms with Gasteiger partial charge in [-0.1, -0.05) is 26.0 Å². The van der Waals surface area contributed by atoms with Crippen LogP contribution in [-0.4, -0.2) is 30.1 Å². The van der Waals surface area contributed by atoms with Crippen molar-refractivity contribution in [3.63, 3.8) is 0 Å². The lowest BCUT2D eigenvalue weighted by molar-refractivity contribution is 0.183. The van der Waals surface area contributed by atoms with Gasteiger partial charge in [-0.25, -0.2) is 4.39 Å². The molecule has 1 aliphatic rings. The van der Waals surface area contributed by atoms with Gasteiger partial charge in [-0.15, -0.1) is 0 Å². The number of nitrogens with zero attached hydrogens (tertiary/aromatic N) is 1. The van der Waals surface area contributed by atoms with Crippen molar-refractivity contribution in [2.75, 3.05) is 13.1 Å². The first-order valence-corrected chi connectivity index (χ1v) is 8.18. The van der Waals surface area contributed by atoms with Gasteiger partial charge < -0.3 is 5.32 Å². The Morgan fingerprint density at radius 2 is 2.20 bits per heavy atom. The molecule has 0 radical (unpaired) electrons. The third kappa shape index (κ3) is 3.80. The van der Waals surface area contributed by atoms with E-state index >= 15 is 0 Å². The summed E-state index contributed by atoms with van der Waals surface area (Å²) in [6.07, 6.45) is 1.14. The quantitative estimate of drug-likeness (QED) is 0.898. The molecule has 4 heteroatoms. The molecule has 0 spiro atoms. The molecule has 2 unspecified atom stereocenters. The summed E-state index contributed by atoms with van der Waals surface area (Å²) in [5, 5.41) is 3.63. The van der Waals surface area contributed by atoms with Crippen molar-refractivity contribution < 1.29 is 4.39 Å². The van der Waals surface area contributed by atoms with Crippen LogP contribution in [0.2, 0.25) is 0 Å². The van der Waals surface area contributed by atoms with E-state index < -0.39 is 0 Å². The Balaban J connectivity index is 2.14. The zero-order chi connectivity index (χ0) is 14.7. The Hall–Kier alpha value is -0.450. The molecule has 1 fully saturated rings. The first-order valence-electron chi connectivity index (χ1n) is 7.39. The van der Waals surface area contributed by atoms with Gasteiger partial charge >= 0.3 is 0 Å². The molecular formula is C16H24BrFN2. The van der Waals surface area contributed by atoms with Crippen molar-refractivity contribution in [2.45, 2.75) is 45.8 Å². The number of nitrogens with one attached hydrogen (secondary N) is 1. The number of hydrogen-bond acceptors (Lipinski definition) is 2. The summed E-state index contributed by atoms with van der Waals surface area (Å²) in [6, 6.07) is 6.31. The van der Waals surface area contributed by atoms with Gasteiger partial charge in [0.25, 0.3) is 0 Å². The van der Waals surface area contributed by atoms with Gasteiger partial charge in [0, 0.05) is 25.2 Å². The molecule has 0 aliphatic carbocycles. The molecule has 112 valence electrons. The zero-order valence-electron chi connectivity index (χ0n) is 12.5. The SMILES string of the molecule is CC(C)C1CN(Cc2cccc(F)c2Br)C(C)CCN1. The molecule has 1 aromatic rings. The molecule has 1 N–H and O–H groups in total. The second-order valence-corrected chi connectivity index (χ2v) is 6.88. The van der Waals surface area contributed by atoms with Gasteiger partial charge in [-0.3, -0.25) is 4.90 Å². The fraction of sp³-hybridized carbons (Fsp3) is 0.625. The summed E-state index contributed by atoms with van der Waals surface area (Å²) < 4.78 is 14.2. The fourth-order valence-corrected chi connectivity index (χ4v) is 3.10. The Bertz CT molecular complexity index is 450. The van der Waals surface area contributed by atoms with E-state index in [-0.39, 0.29) is 5.82 Å². The maximum atomic E-state index is 13.6. The van der Waals surface area contributed by atoms with Crippen LogP contribution in [0.5, 0.6) is 0 Å². The number of hydrogen-bond donors (Lipinski definition) is 1. The highest BCUT2D eigenvalue weighted by molar-refractivity contribution is 9.10. The van der Waals surface area contributed by atoms with Gasteiger partial charge in [0.2, 0.25) is 0 Å². The first-order chi connectivity index (χ1) is 9.49. The van der Waals surface area contributed by atoms with Gasteiger partial charge in [-0.2, -0.15) is 0 Å². The smallest absolute Gasteiger partial charge is 0.137 e. The van der Waals surface area contributed by atoms with E-state index in [1.807, 2.05) is 6.07 Å². The molecule has 2 atom stereocenters. The average molecular weight is 343 g/mol. The van der Waals surface area contributed by atoms with E-state index in [4.69, 9.17) is 0 Å². The minimum absolute atomic E-state index is 0.177. The number of rotatable bonds is 3. The van der Waals surface area contributed by atoms with Crippen LogP contribution in [0.3, 0.4) is 0 Å². The van der Waals surface area contributed by atoms with E-state index in [0.29, 0.717) is 22.5 Å². The highest BCUT2D eigenvalue weighted by atomic mass is 79.9. The minimum atomic E-state index is -0.177. The lowest BCUT2D eigenvalue weighted by Gasteiger charge is -2.30. The third-order valence-electron chi connectivity index (χ3n) is 4.23. The van der Waals surface area contributed by atoms with Crippen LogP contribution in [0.15, 0.2) is 22.7 Å². The lowest BCUT2D eigenvalue weighted by Crippen LogP contribution is -2.42. The minimum Gasteiger partial charge on any atom is -0.312 e. The second kappa shape index (κ2) is 7.01. The number of halogens is 2. The van der Waals surface area contributed by atoms with E-state index in [2.05, 4.69) is 46.9 Å². The van der Waals surface area contributed by atoms with Gasteiger partial charge in [0.1, 0.15) is 5.82 Å². The van der Waals surface area contributed by atoms with Crippen LogP contribution in [0.25, 0.3) is 0 Å². The summed E-state index contributed by atoms with van der Waals surface area (Å²) in [7, 11) is 0. The molecule has 1 aliphatic heterocycles. The van der Waals surface area contributed by atoms with E-state index in [0.717, 1.165) is 31.6 Å². The summed E-state index contributed by atoms with van der Waals surface area (Å²) >= 11 is 3.37. The van der Waals surface area contributed by atoms with Crippen molar-refractivity contribution in [2.24, 2.45) is 5.92 Å². The monoisotopic (exact) mass is 342 g/mol. The molecule has 1 aromatic carbocycles. The van der Waals surface area contributed by atoms with Crippen LogP contribution < -0.4 is 5.32 Å². The van der Waals surface area contributed by atoms with Crippen molar-refractivity contribution in [1.82, 2.24) is 10.2 Å². The van der Waals surface area contributed by atoms with Crippen LogP contribution in [0.1, 0.15) is 32.8 Å². The Morgan fingerprint density at radius 1 is 1.45 bits per heavy atom. The normalized spacial score (nSPS) is 24.9. The summed E-state index contributed by atoms with van der Waals surface area (Å²) in [4.78, 5) is 2.46. The summed E-state index contributed by atoms with van der Waals surface area (Å²) in [5.74, 6) is 0.433. The molecular weight excluding hydrogens is 319 g/mol. The average Bonchev–Trinajstić information content (AvgIpc) is 2.58. The third-order valence-corrected chi connectivity index (χ3v) is 5.12. The molecule has 2 nitrogen and oxygen atoms in total. The van der Waals surface area contributed by atoms with Crippen LogP contribution in [-0.2, 0) is 6.54 Å². The molecule has 0 amide bonds. The van der Waals surface area contributed by atoms with Crippen LogP contribution in [0.4, 0.5) is 4.39 Å². The molecule has 0 aromatic heterocycles. The Morgan fingerprint density at radius 3 is 2.90 bits per heavy atom. The van der Waals surface area contributed by atoms with Gasteiger partial charge in [0.05, 0.1) is 4.47 Å². The zero-order valence-corrected chi connectivity index (χ0v) is 14.1. The summed E-state index contributed by atoms with van der Waals surface area (Å²) in [5.41, 5.74) is 1.03. The first kappa shape index (κ1) is 15.9. The topological polar surface area (TPSA) is 15.3 Å². The maximum absolute atomic E-state index is 13.6. The Labute approximate surface area is 129 Å². The largest absolute Gasteiger partial charge is 0.312 e. The van der Waals surface area contributed by atoms with E-state index in [1.165, 1.54) is 6.07 Å². The highest BCUT2D eigenvalue weighted by Gasteiger charge is 2.25. The van der Waals surface area contributed by atoms with Crippen LogP contribution >= 0.6 is 15.9 Å². The summed E-state index contributed by atoms with van der Waals surface area (Å²) in [6.45, 7) is 9.64. The van der Waals surface area contributed by atoms with Crippen LogP contribution in [0, 0.1) is 11.7 Å². The molecule has 1 saturated heterocycles. The molecule has 0 bridgehead atoms. The standard InChI is InChI=1S/C16H24BrFN2/c1-11(2)15-10-20(12(3)7-8-19-15)9-13-5-4-6-14(18)16(13)17/h4-6,11-12,15,19H,7-10H2,1-3H3. The van der Waals surface area contributed by atoms with Crippen molar-refractivity contribution in [3.05, 3.63) is 34.1 Å². The lowest BCUT2D eigenvalue weighted by atomic mass is 10.0. The number of benzene rings is 1. The van der Waals surface area contributed by atoms with Gasteiger partial charge in [0.15, 0.2) is 0 Å².